The fourth-order valence-electron chi connectivity index (χ4n) is 3.35. The van der Waals surface area contributed by atoms with Crippen molar-refractivity contribution < 1.29 is 32.7 Å². The molecule has 1 unspecified atom stereocenters. The first-order valence-electron chi connectivity index (χ1n) is 8.96. The van der Waals surface area contributed by atoms with Gasteiger partial charge in [0.15, 0.2) is 0 Å². The first-order chi connectivity index (χ1) is 13.2. The van der Waals surface area contributed by atoms with E-state index in [1.54, 1.807) is 24.5 Å². The van der Waals surface area contributed by atoms with Crippen LogP contribution in [0.15, 0.2) is 24.5 Å². The lowest BCUT2D eigenvalue weighted by Crippen LogP contribution is -2.36. The molecular weight excluding hydrogens is 379 g/mol. The number of halogens is 3. The van der Waals surface area contributed by atoms with Crippen molar-refractivity contribution in [1.82, 2.24) is 15.2 Å². The van der Waals surface area contributed by atoms with E-state index in [4.69, 9.17) is 9.90 Å². The number of nitrogens with one attached hydrogen (secondary N) is 1. The summed E-state index contributed by atoms with van der Waals surface area (Å²) in [6.45, 7) is 1.35. The number of carbonyl (C=O) groups is 3. The number of alkyl halides is 3. The summed E-state index contributed by atoms with van der Waals surface area (Å²) in [5, 5.41) is 10.0. The van der Waals surface area contributed by atoms with Gasteiger partial charge in [0.25, 0.3) is 5.91 Å². The highest BCUT2D eigenvalue weighted by molar-refractivity contribution is 5.93. The maximum Gasteiger partial charge on any atom is 0.490 e. The topological polar surface area (TPSA) is 99.6 Å². The van der Waals surface area contributed by atoms with Crippen LogP contribution in [0, 0.1) is 5.92 Å². The second-order valence-corrected chi connectivity index (χ2v) is 6.81. The number of carboxylic acid groups (broad SMARTS) is 1. The first-order valence-corrected chi connectivity index (χ1v) is 8.96. The summed E-state index contributed by atoms with van der Waals surface area (Å²) in [7, 11) is 0. The largest absolute Gasteiger partial charge is 0.490 e. The third-order valence-corrected chi connectivity index (χ3v) is 4.72. The van der Waals surface area contributed by atoms with Crippen LogP contribution in [0.2, 0.25) is 0 Å². The smallest absolute Gasteiger partial charge is 0.475 e. The van der Waals surface area contributed by atoms with Crippen molar-refractivity contribution in [1.29, 1.82) is 0 Å². The van der Waals surface area contributed by atoms with Crippen molar-refractivity contribution >= 4 is 17.8 Å². The molecule has 1 saturated carbocycles. The molecule has 28 heavy (non-hydrogen) atoms. The van der Waals surface area contributed by atoms with Gasteiger partial charge in [-0.2, -0.15) is 13.2 Å². The van der Waals surface area contributed by atoms with Crippen LogP contribution < -0.4 is 5.32 Å². The lowest BCUT2D eigenvalue weighted by Gasteiger charge is -2.24. The fraction of sp³-hybridized carbons (Fsp3) is 0.556. The number of carboxylic acids is 1. The Kier molecular flexibility index (Phi) is 7.36. The SMILES string of the molecule is O=C(NCC1CC(=O)N(C2CCCC2)C1)c1cccnc1.O=C(O)C(F)(F)F. The lowest BCUT2D eigenvalue weighted by molar-refractivity contribution is -0.192. The van der Waals surface area contributed by atoms with Crippen molar-refractivity contribution in [3.8, 4) is 0 Å². The number of aliphatic carboxylic acids is 1. The maximum absolute atomic E-state index is 12.1. The normalized spacial score (nSPS) is 19.9. The lowest BCUT2D eigenvalue weighted by atomic mass is 10.1. The van der Waals surface area contributed by atoms with E-state index in [2.05, 4.69) is 10.3 Å². The highest BCUT2D eigenvalue weighted by Gasteiger charge is 2.38. The van der Waals surface area contributed by atoms with E-state index in [9.17, 15) is 22.8 Å². The first kappa shape index (κ1) is 21.6. The van der Waals surface area contributed by atoms with Crippen LogP contribution in [0.4, 0.5) is 13.2 Å². The van der Waals surface area contributed by atoms with E-state index < -0.39 is 12.1 Å². The van der Waals surface area contributed by atoms with Crippen LogP contribution in [-0.2, 0) is 9.59 Å². The molecule has 10 heteroatoms. The Morgan fingerprint density at radius 1 is 1.29 bits per heavy atom. The summed E-state index contributed by atoms with van der Waals surface area (Å²) in [5.41, 5.74) is 0.564. The van der Waals surface area contributed by atoms with Gasteiger partial charge in [0.2, 0.25) is 5.91 Å². The minimum atomic E-state index is -5.08. The van der Waals surface area contributed by atoms with E-state index in [-0.39, 0.29) is 17.7 Å². The molecule has 1 aliphatic carbocycles. The number of pyridine rings is 1. The van der Waals surface area contributed by atoms with Gasteiger partial charge in [-0.05, 0) is 25.0 Å². The molecule has 0 radical (unpaired) electrons. The number of hydrogen-bond donors (Lipinski definition) is 2. The highest BCUT2D eigenvalue weighted by Crippen LogP contribution is 2.29. The van der Waals surface area contributed by atoms with E-state index in [0.29, 0.717) is 24.6 Å². The van der Waals surface area contributed by atoms with Crippen molar-refractivity contribution in [3.05, 3.63) is 30.1 Å². The number of hydrogen-bond acceptors (Lipinski definition) is 4. The molecule has 0 spiro atoms. The van der Waals surface area contributed by atoms with Gasteiger partial charge < -0.3 is 15.3 Å². The molecular formula is C18H22F3N3O4. The standard InChI is InChI=1S/C16H21N3O2.C2HF3O2/c20-15-8-12(11-19(15)14-5-1-2-6-14)9-18-16(21)13-4-3-7-17-10-13;3-2(4,5)1(6)7/h3-4,7,10,12,14H,1-2,5-6,8-9,11H2,(H,18,21);(H,6,7). The second kappa shape index (κ2) is 9.52. The molecule has 2 fully saturated rings. The number of aromatic nitrogens is 1. The van der Waals surface area contributed by atoms with Crippen molar-refractivity contribution in [2.24, 2.45) is 5.92 Å². The van der Waals surface area contributed by atoms with Crippen LogP contribution in [0.25, 0.3) is 0 Å². The molecule has 7 nitrogen and oxygen atoms in total. The number of likely N-dealkylation sites (tertiary alicyclic amines) is 1. The number of carbonyl (C=O) groups excluding carboxylic acids is 2. The Bertz CT molecular complexity index is 691. The van der Waals surface area contributed by atoms with Crippen molar-refractivity contribution in [2.75, 3.05) is 13.1 Å². The third-order valence-electron chi connectivity index (χ3n) is 4.72. The average molecular weight is 401 g/mol. The summed E-state index contributed by atoms with van der Waals surface area (Å²) >= 11 is 0. The predicted octanol–water partition coefficient (Wildman–Crippen LogP) is 2.24. The van der Waals surface area contributed by atoms with Gasteiger partial charge in [0, 0.05) is 43.9 Å². The van der Waals surface area contributed by atoms with Gasteiger partial charge >= 0.3 is 12.1 Å². The molecule has 2 heterocycles. The molecule has 2 amide bonds. The van der Waals surface area contributed by atoms with E-state index in [1.165, 1.54) is 12.8 Å². The minimum absolute atomic E-state index is 0.116. The molecule has 2 N–H and O–H groups in total. The van der Waals surface area contributed by atoms with Gasteiger partial charge in [0.05, 0.1) is 5.56 Å². The maximum atomic E-state index is 12.1. The molecule has 0 aromatic carbocycles. The summed E-state index contributed by atoms with van der Waals surface area (Å²) in [5.74, 6) is -2.39. The average Bonchev–Trinajstić information content (AvgIpc) is 3.29. The Balaban J connectivity index is 0.000000345. The Morgan fingerprint density at radius 3 is 2.46 bits per heavy atom. The van der Waals surface area contributed by atoms with Crippen molar-refractivity contribution in [2.45, 2.75) is 44.3 Å². The molecule has 154 valence electrons. The zero-order chi connectivity index (χ0) is 20.7. The van der Waals surface area contributed by atoms with Gasteiger partial charge in [-0.3, -0.25) is 14.6 Å². The summed E-state index contributed by atoms with van der Waals surface area (Å²) in [6.07, 6.45) is 3.42. The quantitative estimate of drug-likeness (QED) is 0.806. The van der Waals surface area contributed by atoms with Crippen LogP contribution in [0.3, 0.4) is 0 Å². The number of amides is 2. The van der Waals surface area contributed by atoms with E-state index in [1.807, 2.05) is 4.90 Å². The summed E-state index contributed by atoms with van der Waals surface area (Å²) in [4.78, 5) is 38.9. The summed E-state index contributed by atoms with van der Waals surface area (Å²) in [6, 6.07) is 3.93. The Labute approximate surface area is 159 Å². The van der Waals surface area contributed by atoms with Gasteiger partial charge in [-0.1, -0.05) is 12.8 Å². The predicted molar refractivity (Wildman–Crippen MR) is 92.3 cm³/mol. The fourth-order valence-corrected chi connectivity index (χ4v) is 3.35. The molecule has 3 rings (SSSR count). The van der Waals surface area contributed by atoms with E-state index in [0.717, 1.165) is 19.4 Å². The van der Waals surface area contributed by atoms with Gasteiger partial charge in [-0.25, -0.2) is 4.79 Å². The van der Waals surface area contributed by atoms with Crippen LogP contribution >= 0.6 is 0 Å². The molecule has 1 saturated heterocycles. The molecule has 1 aromatic rings. The molecule has 1 atom stereocenters. The number of rotatable bonds is 4. The van der Waals surface area contributed by atoms with Crippen LogP contribution in [-0.4, -0.2) is 58.1 Å². The second-order valence-electron chi connectivity index (χ2n) is 6.81. The molecule has 2 aliphatic rings. The monoisotopic (exact) mass is 401 g/mol. The van der Waals surface area contributed by atoms with Crippen LogP contribution in [0.5, 0.6) is 0 Å². The third kappa shape index (κ3) is 6.21. The van der Waals surface area contributed by atoms with Gasteiger partial charge in [0.1, 0.15) is 0 Å². The minimum Gasteiger partial charge on any atom is -0.475 e. The zero-order valence-electron chi connectivity index (χ0n) is 15.1. The van der Waals surface area contributed by atoms with E-state index >= 15 is 0 Å². The molecule has 0 bridgehead atoms. The zero-order valence-corrected chi connectivity index (χ0v) is 15.1. The number of nitrogens with zero attached hydrogens (tertiary/aromatic N) is 2. The summed E-state index contributed by atoms with van der Waals surface area (Å²) < 4.78 is 31.7. The van der Waals surface area contributed by atoms with Crippen molar-refractivity contribution in [3.63, 3.8) is 0 Å². The van der Waals surface area contributed by atoms with Crippen LogP contribution in [0.1, 0.15) is 42.5 Å². The Hall–Kier alpha value is -2.65. The highest BCUT2D eigenvalue weighted by atomic mass is 19.4. The molecule has 1 aromatic heterocycles. The molecule has 1 aliphatic heterocycles. The Morgan fingerprint density at radius 2 is 1.93 bits per heavy atom. The van der Waals surface area contributed by atoms with Gasteiger partial charge in [-0.15, -0.1) is 0 Å².